The molecular formula is C16H11ClN2O4. The first kappa shape index (κ1) is 15.2. The Morgan fingerprint density at radius 1 is 1.09 bits per heavy atom. The number of amides is 2. The topological polar surface area (TPSA) is 80.5 Å². The SMILES string of the molecule is CCc1cc([N+](=O)[O-])ccc1N1C(=O)c2ccc(Cl)cc2C1=O. The molecule has 0 saturated heterocycles. The summed E-state index contributed by atoms with van der Waals surface area (Å²) < 4.78 is 0. The van der Waals surface area contributed by atoms with Crippen LogP contribution < -0.4 is 4.90 Å². The average molecular weight is 331 g/mol. The summed E-state index contributed by atoms with van der Waals surface area (Å²) in [6.07, 6.45) is 0.450. The lowest BCUT2D eigenvalue weighted by atomic mass is 10.1. The van der Waals surface area contributed by atoms with E-state index in [4.69, 9.17) is 11.6 Å². The van der Waals surface area contributed by atoms with Gasteiger partial charge in [0.1, 0.15) is 0 Å². The summed E-state index contributed by atoms with van der Waals surface area (Å²) in [4.78, 5) is 36.5. The molecule has 2 amide bonds. The second-order valence-corrected chi connectivity index (χ2v) is 5.50. The van der Waals surface area contributed by atoms with Crippen LogP contribution in [-0.2, 0) is 6.42 Å². The molecule has 0 saturated carbocycles. The van der Waals surface area contributed by atoms with E-state index in [0.29, 0.717) is 22.7 Å². The number of aryl methyl sites for hydroxylation is 1. The van der Waals surface area contributed by atoms with E-state index in [1.807, 2.05) is 0 Å². The number of nitrogens with zero attached hydrogens (tertiary/aromatic N) is 2. The molecule has 7 heteroatoms. The van der Waals surface area contributed by atoms with Gasteiger partial charge in [0.2, 0.25) is 0 Å². The predicted molar refractivity (Wildman–Crippen MR) is 85.1 cm³/mol. The number of hydrogen-bond acceptors (Lipinski definition) is 4. The molecule has 0 spiro atoms. The third kappa shape index (κ3) is 2.37. The largest absolute Gasteiger partial charge is 0.269 e. The van der Waals surface area contributed by atoms with Crippen LogP contribution in [0.5, 0.6) is 0 Å². The van der Waals surface area contributed by atoms with Gasteiger partial charge in [-0.25, -0.2) is 4.90 Å². The molecule has 0 unspecified atom stereocenters. The number of fused-ring (bicyclic) bond motifs is 1. The monoisotopic (exact) mass is 330 g/mol. The van der Waals surface area contributed by atoms with Crippen LogP contribution in [0.15, 0.2) is 36.4 Å². The van der Waals surface area contributed by atoms with Gasteiger partial charge in [-0.1, -0.05) is 18.5 Å². The molecule has 23 heavy (non-hydrogen) atoms. The van der Waals surface area contributed by atoms with Gasteiger partial charge in [-0.15, -0.1) is 0 Å². The van der Waals surface area contributed by atoms with Crippen molar-refractivity contribution in [3.8, 4) is 0 Å². The van der Waals surface area contributed by atoms with E-state index in [0.717, 1.165) is 4.90 Å². The second-order valence-electron chi connectivity index (χ2n) is 5.06. The molecule has 0 bridgehead atoms. The number of benzene rings is 2. The Balaban J connectivity index is 2.12. The molecular weight excluding hydrogens is 320 g/mol. The zero-order chi connectivity index (χ0) is 16.7. The van der Waals surface area contributed by atoms with E-state index in [-0.39, 0.29) is 16.8 Å². The van der Waals surface area contributed by atoms with Crippen molar-refractivity contribution >= 4 is 34.8 Å². The van der Waals surface area contributed by atoms with E-state index >= 15 is 0 Å². The number of anilines is 1. The third-order valence-corrected chi connectivity index (χ3v) is 3.98. The Kier molecular flexibility index (Phi) is 3.61. The van der Waals surface area contributed by atoms with Crippen LogP contribution in [0.4, 0.5) is 11.4 Å². The molecule has 0 radical (unpaired) electrons. The van der Waals surface area contributed by atoms with Crippen LogP contribution >= 0.6 is 11.6 Å². The minimum atomic E-state index is -0.509. The highest BCUT2D eigenvalue weighted by atomic mass is 35.5. The smallest absolute Gasteiger partial charge is 0.268 e. The van der Waals surface area contributed by atoms with Gasteiger partial charge in [-0.05, 0) is 36.2 Å². The lowest BCUT2D eigenvalue weighted by Gasteiger charge is -2.17. The van der Waals surface area contributed by atoms with E-state index in [2.05, 4.69) is 0 Å². The van der Waals surface area contributed by atoms with E-state index in [9.17, 15) is 19.7 Å². The van der Waals surface area contributed by atoms with Crippen molar-refractivity contribution in [3.63, 3.8) is 0 Å². The van der Waals surface area contributed by atoms with Gasteiger partial charge in [0.25, 0.3) is 17.5 Å². The highest BCUT2D eigenvalue weighted by molar-refractivity contribution is 6.36. The Morgan fingerprint density at radius 3 is 2.43 bits per heavy atom. The van der Waals surface area contributed by atoms with Gasteiger partial charge in [0.15, 0.2) is 0 Å². The highest BCUT2D eigenvalue weighted by Crippen LogP contribution is 2.33. The van der Waals surface area contributed by atoms with Crippen LogP contribution in [0, 0.1) is 10.1 Å². The van der Waals surface area contributed by atoms with Gasteiger partial charge in [0.05, 0.1) is 21.7 Å². The Bertz CT molecular complexity index is 863. The summed E-state index contributed by atoms with van der Waals surface area (Å²) >= 11 is 5.89. The van der Waals surface area contributed by atoms with E-state index in [1.165, 1.54) is 30.3 Å². The number of carbonyl (C=O) groups excluding carboxylic acids is 2. The first-order valence-electron chi connectivity index (χ1n) is 6.89. The van der Waals surface area contributed by atoms with Gasteiger partial charge in [-0.2, -0.15) is 0 Å². The summed E-state index contributed by atoms with van der Waals surface area (Å²) in [6.45, 7) is 1.80. The van der Waals surface area contributed by atoms with Crippen molar-refractivity contribution in [2.75, 3.05) is 4.90 Å². The molecule has 1 aliphatic heterocycles. The number of carbonyl (C=O) groups is 2. The molecule has 0 N–H and O–H groups in total. The van der Waals surface area contributed by atoms with E-state index in [1.54, 1.807) is 13.0 Å². The molecule has 0 fully saturated rings. The number of hydrogen-bond donors (Lipinski definition) is 0. The van der Waals surface area contributed by atoms with E-state index < -0.39 is 16.7 Å². The predicted octanol–water partition coefficient (Wildman–Crippen LogP) is 3.61. The molecule has 2 aromatic carbocycles. The first-order chi connectivity index (χ1) is 10.9. The summed E-state index contributed by atoms with van der Waals surface area (Å²) in [5, 5.41) is 11.3. The van der Waals surface area contributed by atoms with Crippen LogP contribution in [0.25, 0.3) is 0 Å². The molecule has 0 aliphatic carbocycles. The van der Waals surface area contributed by atoms with Gasteiger partial charge < -0.3 is 0 Å². The zero-order valence-electron chi connectivity index (χ0n) is 12.1. The molecule has 3 rings (SSSR count). The zero-order valence-corrected chi connectivity index (χ0v) is 12.8. The number of nitro groups is 1. The van der Waals surface area contributed by atoms with Crippen molar-refractivity contribution in [1.82, 2.24) is 0 Å². The maximum absolute atomic E-state index is 12.6. The summed E-state index contributed by atoms with van der Waals surface area (Å²) in [7, 11) is 0. The highest BCUT2D eigenvalue weighted by Gasteiger charge is 2.37. The van der Waals surface area contributed by atoms with Crippen molar-refractivity contribution in [2.45, 2.75) is 13.3 Å². The maximum Gasteiger partial charge on any atom is 0.269 e. The molecule has 2 aromatic rings. The van der Waals surface area contributed by atoms with Gasteiger partial charge in [0, 0.05) is 17.2 Å². The fraction of sp³-hybridized carbons (Fsp3) is 0.125. The number of rotatable bonds is 3. The van der Waals surface area contributed by atoms with Crippen LogP contribution in [-0.4, -0.2) is 16.7 Å². The van der Waals surface area contributed by atoms with Gasteiger partial charge in [-0.3, -0.25) is 19.7 Å². The normalized spacial score (nSPS) is 13.4. The Hall–Kier alpha value is -2.73. The van der Waals surface area contributed by atoms with Gasteiger partial charge >= 0.3 is 0 Å². The fourth-order valence-corrected chi connectivity index (χ4v) is 2.79. The van der Waals surface area contributed by atoms with Crippen molar-refractivity contribution < 1.29 is 14.5 Å². The third-order valence-electron chi connectivity index (χ3n) is 3.74. The molecule has 6 nitrogen and oxygen atoms in total. The summed E-state index contributed by atoms with van der Waals surface area (Å²) in [5.74, 6) is -0.929. The summed E-state index contributed by atoms with van der Waals surface area (Å²) in [5.41, 5.74) is 1.35. The quantitative estimate of drug-likeness (QED) is 0.489. The lowest BCUT2D eigenvalue weighted by Crippen LogP contribution is -2.30. The number of halogens is 1. The first-order valence-corrected chi connectivity index (χ1v) is 7.27. The Morgan fingerprint density at radius 2 is 1.78 bits per heavy atom. The minimum absolute atomic E-state index is 0.0785. The minimum Gasteiger partial charge on any atom is -0.268 e. The number of nitro benzene ring substituents is 1. The Labute approximate surface area is 136 Å². The fourth-order valence-electron chi connectivity index (χ4n) is 2.62. The molecule has 0 atom stereocenters. The molecule has 0 aromatic heterocycles. The number of imide groups is 1. The standard InChI is InChI=1S/C16H11ClN2O4/c1-2-9-7-11(19(22)23)4-6-14(9)18-15(20)12-5-3-10(17)8-13(12)16(18)21/h3-8H,2H2,1H3. The van der Waals surface area contributed by atoms with Crippen LogP contribution in [0.1, 0.15) is 33.2 Å². The summed E-state index contributed by atoms with van der Waals surface area (Å²) in [6, 6.07) is 8.60. The van der Waals surface area contributed by atoms with Crippen LogP contribution in [0.2, 0.25) is 5.02 Å². The second kappa shape index (κ2) is 5.48. The van der Waals surface area contributed by atoms with Crippen molar-refractivity contribution in [3.05, 3.63) is 68.2 Å². The number of non-ortho nitro benzene ring substituents is 1. The molecule has 1 aliphatic rings. The van der Waals surface area contributed by atoms with Crippen molar-refractivity contribution in [2.24, 2.45) is 0 Å². The average Bonchev–Trinajstić information content (AvgIpc) is 2.77. The maximum atomic E-state index is 12.6. The van der Waals surface area contributed by atoms with Crippen LogP contribution in [0.3, 0.4) is 0 Å². The molecule has 116 valence electrons. The van der Waals surface area contributed by atoms with Crippen molar-refractivity contribution in [1.29, 1.82) is 0 Å². The lowest BCUT2D eigenvalue weighted by molar-refractivity contribution is -0.384. The molecule has 1 heterocycles.